The summed E-state index contributed by atoms with van der Waals surface area (Å²) in [5.41, 5.74) is 1.77. The van der Waals surface area contributed by atoms with Gasteiger partial charge in [-0.05, 0) is 55.5 Å². The number of nitrogens with zero attached hydrogens (tertiary/aromatic N) is 2. The Morgan fingerprint density at radius 3 is 2.23 bits per heavy atom. The molecule has 26 heavy (non-hydrogen) atoms. The van der Waals surface area contributed by atoms with Gasteiger partial charge >= 0.3 is 0 Å². The fourth-order valence-electron chi connectivity index (χ4n) is 3.11. The lowest BCUT2D eigenvalue weighted by Crippen LogP contribution is -2.52. The number of nitrogens with one attached hydrogen (secondary N) is 1. The van der Waals surface area contributed by atoms with E-state index < -0.39 is 0 Å². The molecule has 0 radical (unpaired) electrons. The summed E-state index contributed by atoms with van der Waals surface area (Å²) >= 11 is 0. The van der Waals surface area contributed by atoms with E-state index in [1.54, 1.807) is 19.2 Å². The molecule has 138 valence electrons. The third-order valence-electron chi connectivity index (χ3n) is 4.79. The van der Waals surface area contributed by atoms with Crippen molar-refractivity contribution in [3.05, 3.63) is 54.3 Å². The van der Waals surface area contributed by atoms with Gasteiger partial charge in [0, 0.05) is 37.6 Å². The highest BCUT2D eigenvalue weighted by Gasteiger charge is 2.25. The van der Waals surface area contributed by atoms with Crippen molar-refractivity contribution in [3.8, 4) is 5.75 Å². The van der Waals surface area contributed by atoms with Gasteiger partial charge in [-0.2, -0.15) is 0 Å². The molecule has 0 aromatic heterocycles. The molecule has 0 aliphatic carbocycles. The number of carbonyl (C=O) groups is 1. The number of halogens is 1. The lowest BCUT2D eigenvalue weighted by molar-refractivity contribution is -0.120. The number of rotatable bonds is 5. The molecule has 1 heterocycles. The molecule has 1 fully saturated rings. The highest BCUT2D eigenvalue weighted by molar-refractivity contribution is 5.94. The second-order valence-electron chi connectivity index (χ2n) is 6.39. The molecule has 1 saturated heterocycles. The predicted molar refractivity (Wildman–Crippen MR) is 101 cm³/mol. The molecule has 0 bridgehead atoms. The van der Waals surface area contributed by atoms with Gasteiger partial charge in [-0.15, -0.1) is 0 Å². The van der Waals surface area contributed by atoms with Crippen molar-refractivity contribution in [1.82, 2.24) is 4.90 Å². The van der Waals surface area contributed by atoms with E-state index in [2.05, 4.69) is 27.2 Å². The van der Waals surface area contributed by atoms with E-state index in [-0.39, 0.29) is 17.8 Å². The van der Waals surface area contributed by atoms with Crippen LogP contribution in [0.25, 0.3) is 0 Å². The molecule has 0 spiro atoms. The average molecular weight is 357 g/mol. The molecule has 0 saturated carbocycles. The Morgan fingerprint density at radius 2 is 1.65 bits per heavy atom. The third kappa shape index (κ3) is 4.32. The Bertz CT molecular complexity index is 726. The number of ether oxygens (including phenoxy) is 1. The largest absolute Gasteiger partial charge is 0.497 e. The van der Waals surface area contributed by atoms with E-state index >= 15 is 0 Å². The number of hydrogen-bond acceptors (Lipinski definition) is 4. The number of piperazine rings is 1. The topological polar surface area (TPSA) is 44.8 Å². The fraction of sp³-hybridized carbons (Fsp3) is 0.350. The lowest BCUT2D eigenvalue weighted by atomic mass is 10.2. The van der Waals surface area contributed by atoms with E-state index in [1.165, 1.54) is 12.1 Å². The van der Waals surface area contributed by atoms with E-state index in [4.69, 9.17) is 4.74 Å². The molecule has 2 aromatic carbocycles. The summed E-state index contributed by atoms with van der Waals surface area (Å²) in [5, 5.41) is 2.85. The van der Waals surface area contributed by atoms with Gasteiger partial charge in [-0.25, -0.2) is 4.39 Å². The standard InChI is InChI=1S/C20H24FN3O2/c1-15(20(25)22-17-5-3-16(21)4-6-17)23-11-13-24(14-12-23)18-7-9-19(26-2)10-8-18/h3-10,15H,11-14H2,1-2H3,(H,22,25)/t15-/m0/s1. The predicted octanol–water partition coefficient (Wildman–Crippen LogP) is 2.98. The van der Waals surface area contributed by atoms with Gasteiger partial charge in [0.2, 0.25) is 5.91 Å². The minimum absolute atomic E-state index is 0.0745. The van der Waals surface area contributed by atoms with Crippen molar-refractivity contribution in [2.45, 2.75) is 13.0 Å². The zero-order chi connectivity index (χ0) is 18.5. The molecule has 1 atom stereocenters. The minimum atomic E-state index is -0.314. The van der Waals surface area contributed by atoms with Gasteiger partial charge in [0.05, 0.1) is 13.2 Å². The van der Waals surface area contributed by atoms with Gasteiger partial charge < -0.3 is 15.0 Å². The summed E-state index contributed by atoms with van der Waals surface area (Å²) in [4.78, 5) is 16.9. The zero-order valence-corrected chi connectivity index (χ0v) is 15.1. The Morgan fingerprint density at radius 1 is 1.04 bits per heavy atom. The van der Waals surface area contributed by atoms with Crippen molar-refractivity contribution in [3.63, 3.8) is 0 Å². The molecule has 1 aliphatic rings. The zero-order valence-electron chi connectivity index (χ0n) is 15.1. The Kier molecular flexibility index (Phi) is 5.73. The fourth-order valence-corrected chi connectivity index (χ4v) is 3.11. The van der Waals surface area contributed by atoms with E-state index in [9.17, 15) is 9.18 Å². The summed E-state index contributed by atoms with van der Waals surface area (Å²) in [6, 6.07) is 13.6. The van der Waals surface area contributed by atoms with Crippen molar-refractivity contribution >= 4 is 17.3 Å². The van der Waals surface area contributed by atoms with Crippen molar-refractivity contribution in [2.75, 3.05) is 43.5 Å². The van der Waals surface area contributed by atoms with Gasteiger partial charge in [0.25, 0.3) is 0 Å². The summed E-state index contributed by atoms with van der Waals surface area (Å²) in [7, 11) is 1.66. The SMILES string of the molecule is COc1ccc(N2CCN([C@@H](C)C(=O)Nc3ccc(F)cc3)CC2)cc1. The Hall–Kier alpha value is -2.60. The van der Waals surface area contributed by atoms with E-state index in [0.717, 1.165) is 37.6 Å². The number of methoxy groups -OCH3 is 1. The molecule has 5 nitrogen and oxygen atoms in total. The number of hydrogen-bond donors (Lipinski definition) is 1. The van der Waals surface area contributed by atoms with Gasteiger partial charge in [-0.3, -0.25) is 9.69 Å². The first-order valence-electron chi connectivity index (χ1n) is 8.76. The monoisotopic (exact) mass is 357 g/mol. The van der Waals surface area contributed by atoms with Gasteiger partial charge in [0.1, 0.15) is 11.6 Å². The van der Waals surface area contributed by atoms with Crippen LogP contribution in [0.2, 0.25) is 0 Å². The van der Waals surface area contributed by atoms with Crippen LogP contribution in [-0.2, 0) is 4.79 Å². The first kappa shape index (κ1) is 18.2. The molecular weight excluding hydrogens is 333 g/mol. The molecule has 2 aromatic rings. The summed E-state index contributed by atoms with van der Waals surface area (Å²) in [6.07, 6.45) is 0. The van der Waals surface area contributed by atoms with E-state index in [0.29, 0.717) is 5.69 Å². The number of carbonyl (C=O) groups excluding carboxylic acids is 1. The summed E-state index contributed by atoms with van der Waals surface area (Å²) in [6.45, 7) is 5.25. The number of anilines is 2. The summed E-state index contributed by atoms with van der Waals surface area (Å²) < 4.78 is 18.2. The van der Waals surface area contributed by atoms with Crippen LogP contribution in [0.5, 0.6) is 5.75 Å². The second-order valence-corrected chi connectivity index (χ2v) is 6.39. The average Bonchev–Trinajstić information content (AvgIpc) is 2.69. The highest BCUT2D eigenvalue weighted by atomic mass is 19.1. The van der Waals surface area contributed by atoms with Crippen molar-refractivity contribution < 1.29 is 13.9 Å². The molecule has 1 amide bonds. The number of amides is 1. The molecular formula is C20H24FN3O2. The Labute approximate surface area is 153 Å². The van der Waals surface area contributed by atoms with Crippen LogP contribution < -0.4 is 15.0 Å². The first-order chi connectivity index (χ1) is 12.6. The summed E-state index contributed by atoms with van der Waals surface area (Å²) in [5.74, 6) is 0.457. The Balaban J connectivity index is 1.53. The van der Waals surface area contributed by atoms with Crippen LogP contribution >= 0.6 is 0 Å². The molecule has 1 N–H and O–H groups in total. The minimum Gasteiger partial charge on any atom is -0.497 e. The van der Waals surface area contributed by atoms with Crippen LogP contribution in [0.1, 0.15) is 6.92 Å². The van der Waals surface area contributed by atoms with Crippen LogP contribution in [0.4, 0.5) is 15.8 Å². The van der Waals surface area contributed by atoms with Crippen LogP contribution in [0.3, 0.4) is 0 Å². The lowest BCUT2D eigenvalue weighted by Gasteiger charge is -2.38. The van der Waals surface area contributed by atoms with E-state index in [1.807, 2.05) is 19.1 Å². The first-order valence-corrected chi connectivity index (χ1v) is 8.76. The van der Waals surface area contributed by atoms with Crippen molar-refractivity contribution in [2.24, 2.45) is 0 Å². The smallest absolute Gasteiger partial charge is 0.241 e. The number of benzene rings is 2. The molecule has 0 unspecified atom stereocenters. The normalized spacial score (nSPS) is 16.2. The molecule has 3 rings (SSSR count). The van der Waals surface area contributed by atoms with Gasteiger partial charge in [0.15, 0.2) is 0 Å². The second kappa shape index (κ2) is 8.19. The third-order valence-corrected chi connectivity index (χ3v) is 4.79. The maximum Gasteiger partial charge on any atom is 0.241 e. The van der Waals surface area contributed by atoms with Crippen LogP contribution in [0.15, 0.2) is 48.5 Å². The van der Waals surface area contributed by atoms with Gasteiger partial charge in [-0.1, -0.05) is 0 Å². The van der Waals surface area contributed by atoms with Crippen LogP contribution in [0, 0.1) is 5.82 Å². The maximum atomic E-state index is 13.0. The molecule has 6 heteroatoms. The van der Waals surface area contributed by atoms with Crippen molar-refractivity contribution in [1.29, 1.82) is 0 Å². The quantitative estimate of drug-likeness (QED) is 0.894. The highest BCUT2D eigenvalue weighted by Crippen LogP contribution is 2.21. The molecule has 1 aliphatic heterocycles. The maximum absolute atomic E-state index is 13.0. The van der Waals surface area contributed by atoms with Crippen LogP contribution in [-0.4, -0.2) is 50.1 Å².